The summed E-state index contributed by atoms with van der Waals surface area (Å²) in [5.74, 6) is -0.680. The summed E-state index contributed by atoms with van der Waals surface area (Å²) in [5.41, 5.74) is 8.66. The Labute approximate surface area is 105 Å². The van der Waals surface area contributed by atoms with Crippen molar-refractivity contribution in [3.8, 4) is 11.1 Å². The Bertz CT molecular complexity index is 593. The van der Waals surface area contributed by atoms with Gasteiger partial charge in [-0.2, -0.15) is 0 Å². The molecular weight excluding hydrogens is 229 g/mol. The van der Waals surface area contributed by atoms with Crippen LogP contribution in [0.3, 0.4) is 0 Å². The minimum Gasteiger partial charge on any atom is -0.369 e. The summed E-state index contributed by atoms with van der Waals surface area (Å²) in [6.07, 6.45) is 0.159. The van der Waals surface area contributed by atoms with E-state index in [-0.39, 0.29) is 12.2 Å². The molecule has 18 heavy (non-hydrogen) atoms. The summed E-state index contributed by atoms with van der Waals surface area (Å²) in [7, 11) is 0. The van der Waals surface area contributed by atoms with Gasteiger partial charge in [-0.1, -0.05) is 30.3 Å². The number of carbonyl (C=O) groups excluding carboxylic acids is 1. The van der Waals surface area contributed by atoms with Gasteiger partial charge in [0.05, 0.1) is 6.42 Å². The highest BCUT2D eigenvalue weighted by molar-refractivity contribution is 5.81. The van der Waals surface area contributed by atoms with E-state index in [9.17, 15) is 9.18 Å². The van der Waals surface area contributed by atoms with Crippen LogP contribution in [-0.4, -0.2) is 5.91 Å². The maximum absolute atomic E-state index is 13.3. The molecule has 0 aliphatic carbocycles. The van der Waals surface area contributed by atoms with E-state index in [0.29, 0.717) is 0 Å². The van der Waals surface area contributed by atoms with Crippen molar-refractivity contribution in [1.29, 1.82) is 0 Å². The van der Waals surface area contributed by atoms with Gasteiger partial charge in [-0.25, -0.2) is 4.39 Å². The normalized spacial score (nSPS) is 10.3. The van der Waals surface area contributed by atoms with Crippen LogP contribution in [0.4, 0.5) is 4.39 Å². The molecule has 2 aromatic rings. The Balaban J connectivity index is 2.56. The highest BCUT2D eigenvalue weighted by Crippen LogP contribution is 2.27. The zero-order chi connectivity index (χ0) is 13.1. The molecule has 1 amide bonds. The van der Waals surface area contributed by atoms with Crippen LogP contribution < -0.4 is 5.73 Å². The number of aryl methyl sites for hydroxylation is 1. The van der Waals surface area contributed by atoms with Gasteiger partial charge in [-0.05, 0) is 41.3 Å². The van der Waals surface area contributed by atoms with Crippen molar-refractivity contribution in [2.24, 2.45) is 5.73 Å². The third kappa shape index (κ3) is 2.56. The first kappa shape index (κ1) is 12.3. The van der Waals surface area contributed by atoms with Crippen LogP contribution in [0.1, 0.15) is 11.1 Å². The Morgan fingerprint density at radius 1 is 1.17 bits per heavy atom. The molecule has 0 aromatic heterocycles. The molecule has 92 valence electrons. The molecule has 0 unspecified atom stereocenters. The second kappa shape index (κ2) is 5.00. The molecule has 0 saturated heterocycles. The summed E-state index contributed by atoms with van der Waals surface area (Å²) in [6.45, 7) is 1.91. The average molecular weight is 243 g/mol. The van der Waals surface area contributed by atoms with Gasteiger partial charge in [0, 0.05) is 0 Å². The highest BCUT2D eigenvalue weighted by atomic mass is 19.1. The summed E-state index contributed by atoms with van der Waals surface area (Å²) >= 11 is 0. The highest BCUT2D eigenvalue weighted by Gasteiger charge is 2.09. The van der Waals surface area contributed by atoms with E-state index in [1.54, 1.807) is 6.07 Å². The summed E-state index contributed by atoms with van der Waals surface area (Å²) < 4.78 is 13.3. The Morgan fingerprint density at radius 3 is 2.61 bits per heavy atom. The van der Waals surface area contributed by atoms with Gasteiger partial charge in [-0.3, -0.25) is 4.79 Å². The van der Waals surface area contributed by atoms with E-state index in [1.165, 1.54) is 12.1 Å². The molecule has 0 fully saturated rings. The van der Waals surface area contributed by atoms with Gasteiger partial charge >= 0.3 is 0 Å². The lowest BCUT2D eigenvalue weighted by Crippen LogP contribution is -2.14. The van der Waals surface area contributed by atoms with Crippen LogP contribution in [0.5, 0.6) is 0 Å². The molecule has 2 rings (SSSR count). The quantitative estimate of drug-likeness (QED) is 0.885. The smallest absolute Gasteiger partial charge is 0.221 e. The first-order chi connectivity index (χ1) is 8.58. The molecule has 0 atom stereocenters. The molecule has 2 nitrogen and oxygen atoms in total. The number of carbonyl (C=O) groups is 1. The minimum absolute atomic E-state index is 0.159. The molecule has 0 bridgehead atoms. The van der Waals surface area contributed by atoms with Gasteiger partial charge in [0.1, 0.15) is 5.82 Å². The van der Waals surface area contributed by atoms with E-state index >= 15 is 0 Å². The van der Waals surface area contributed by atoms with Crippen molar-refractivity contribution in [3.05, 3.63) is 59.4 Å². The molecule has 0 spiro atoms. The molecular formula is C15H14FNO. The number of rotatable bonds is 3. The lowest BCUT2D eigenvalue weighted by atomic mass is 9.94. The molecule has 0 radical (unpaired) electrons. The maximum Gasteiger partial charge on any atom is 0.221 e. The molecule has 0 heterocycles. The van der Waals surface area contributed by atoms with Crippen molar-refractivity contribution in [3.63, 3.8) is 0 Å². The molecule has 2 aromatic carbocycles. The molecule has 0 aliphatic rings. The van der Waals surface area contributed by atoms with E-state index in [0.717, 1.165) is 22.3 Å². The van der Waals surface area contributed by atoms with Crippen LogP contribution >= 0.6 is 0 Å². The number of benzene rings is 2. The molecule has 0 aliphatic heterocycles. The fourth-order valence-electron chi connectivity index (χ4n) is 2.01. The van der Waals surface area contributed by atoms with Gasteiger partial charge < -0.3 is 5.73 Å². The van der Waals surface area contributed by atoms with Crippen molar-refractivity contribution in [1.82, 2.24) is 0 Å². The number of hydrogen-bond acceptors (Lipinski definition) is 1. The molecule has 0 saturated carbocycles. The number of hydrogen-bond donors (Lipinski definition) is 1. The predicted molar refractivity (Wildman–Crippen MR) is 69.5 cm³/mol. The van der Waals surface area contributed by atoms with Crippen LogP contribution in [-0.2, 0) is 11.2 Å². The summed E-state index contributed by atoms with van der Waals surface area (Å²) in [6, 6.07) is 12.1. The SMILES string of the molecule is Cc1ccc(F)cc1-c1ccccc1CC(N)=O. The molecule has 2 N–H and O–H groups in total. The second-order valence-electron chi connectivity index (χ2n) is 4.26. The van der Waals surface area contributed by atoms with Crippen LogP contribution in [0, 0.1) is 12.7 Å². The van der Waals surface area contributed by atoms with Gasteiger partial charge in [0.2, 0.25) is 5.91 Å². The Hall–Kier alpha value is -2.16. The van der Waals surface area contributed by atoms with Gasteiger partial charge in [-0.15, -0.1) is 0 Å². The number of amides is 1. The second-order valence-corrected chi connectivity index (χ2v) is 4.26. The van der Waals surface area contributed by atoms with Crippen molar-refractivity contribution in [2.75, 3.05) is 0 Å². The first-order valence-electron chi connectivity index (χ1n) is 5.70. The minimum atomic E-state index is -0.392. The topological polar surface area (TPSA) is 43.1 Å². The fourth-order valence-corrected chi connectivity index (χ4v) is 2.01. The lowest BCUT2D eigenvalue weighted by Gasteiger charge is -2.11. The van der Waals surface area contributed by atoms with E-state index in [4.69, 9.17) is 5.73 Å². The predicted octanol–water partition coefficient (Wildman–Crippen LogP) is 2.83. The van der Waals surface area contributed by atoms with Crippen molar-refractivity contribution in [2.45, 2.75) is 13.3 Å². The number of nitrogens with two attached hydrogens (primary N) is 1. The monoisotopic (exact) mass is 243 g/mol. The average Bonchev–Trinajstić information content (AvgIpc) is 2.32. The number of halogens is 1. The maximum atomic E-state index is 13.3. The van der Waals surface area contributed by atoms with E-state index in [1.807, 2.05) is 31.2 Å². The standard InChI is InChI=1S/C15H14FNO/c1-10-6-7-12(16)9-14(10)13-5-3-2-4-11(13)8-15(17)18/h2-7,9H,8H2,1H3,(H2,17,18). The zero-order valence-corrected chi connectivity index (χ0v) is 10.1. The third-order valence-electron chi connectivity index (χ3n) is 2.87. The third-order valence-corrected chi connectivity index (χ3v) is 2.87. The summed E-state index contributed by atoms with van der Waals surface area (Å²) in [5, 5.41) is 0. The Morgan fingerprint density at radius 2 is 1.89 bits per heavy atom. The first-order valence-corrected chi connectivity index (χ1v) is 5.70. The largest absolute Gasteiger partial charge is 0.369 e. The number of primary amides is 1. The van der Waals surface area contributed by atoms with Crippen LogP contribution in [0.15, 0.2) is 42.5 Å². The van der Waals surface area contributed by atoms with E-state index < -0.39 is 5.91 Å². The molecule has 3 heteroatoms. The Kier molecular flexibility index (Phi) is 3.42. The lowest BCUT2D eigenvalue weighted by molar-refractivity contribution is -0.117. The fraction of sp³-hybridized carbons (Fsp3) is 0.133. The van der Waals surface area contributed by atoms with Crippen molar-refractivity contribution < 1.29 is 9.18 Å². The van der Waals surface area contributed by atoms with Crippen LogP contribution in [0.25, 0.3) is 11.1 Å². The van der Waals surface area contributed by atoms with Gasteiger partial charge in [0.25, 0.3) is 0 Å². The van der Waals surface area contributed by atoms with Crippen LogP contribution in [0.2, 0.25) is 0 Å². The summed E-state index contributed by atoms with van der Waals surface area (Å²) in [4.78, 5) is 11.1. The van der Waals surface area contributed by atoms with E-state index in [2.05, 4.69) is 0 Å². The van der Waals surface area contributed by atoms with Gasteiger partial charge in [0.15, 0.2) is 0 Å². The van der Waals surface area contributed by atoms with Crippen molar-refractivity contribution >= 4 is 5.91 Å². The zero-order valence-electron chi connectivity index (χ0n) is 10.1.